The number of nitrogens with two attached hydrogens (primary N) is 2. The number of nitrogens with one attached hydrogen (secondary N) is 1. The number of anilines is 2. The molecular formula is C20H23F3N6O. The van der Waals surface area contributed by atoms with Crippen molar-refractivity contribution in [3.8, 4) is 0 Å². The molecule has 10 heteroatoms. The van der Waals surface area contributed by atoms with Crippen molar-refractivity contribution in [2.24, 2.45) is 5.73 Å². The van der Waals surface area contributed by atoms with Gasteiger partial charge in [-0.2, -0.15) is 0 Å². The van der Waals surface area contributed by atoms with Crippen molar-refractivity contribution in [1.29, 1.82) is 0 Å². The summed E-state index contributed by atoms with van der Waals surface area (Å²) in [6, 6.07) is 0.127. The van der Waals surface area contributed by atoms with Crippen LogP contribution in [0.1, 0.15) is 37.7 Å². The lowest BCUT2D eigenvalue weighted by Gasteiger charge is -2.29. The Bertz CT molecular complexity index is 990. The van der Waals surface area contributed by atoms with Gasteiger partial charge < -0.3 is 16.8 Å². The van der Waals surface area contributed by atoms with Crippen LogP contribution in [0.3, 0.4) is 0 Å². The second-order valence-corrected chi connectivity index (χ2v) is 7.57. The van der Waals surface area contributed by atoms with Gasteiger partial charge in [0, 0.05) is 30.0 Å². The number of ether oxygens (including phenoxy) is 1. The molecule has 1 fully saturated rings. The summed E-state index contributed by atoms with van der Waals surface area (Å²) in [5.74, 6) is 0.726. The molecule has 160 valence electrons. The Hall–Kier alpha value is -2.72. The predicted octanol–water partition coefficient (Wildman–Crippen LogP) is 3.54. The van der Waals surface area contributed by atoms with Crippen LogP contribution in [0.4, 0.5) is 24.9 Å². The largest absolute Gasteiger partial charge is 0.523 e. The number of pyridine rings is 1. The van der Waals surface area contributed by atoms with E-state index >= 15 is 0 Å². The SMILES string of the molecule is Nc1ncc(C2=CCC(OC(F)(F)F)C=C2)c2nc(N[C@H]3CCCC[C@H]3N)ncc12. The number of hydrogen-bond donors (Lipinski definition) is 3. The van der Waals surface area contributed by atoms with Crippen LogP contribution in [-0.4, -0.2) is 39.5 Å². The third kappa shape index (κ3) is 4.54. The zero-order valence-electron chi connectivity index (χ0n) is 16.2. The zero-order chi connectivity index (χ0) is 21.3. The molecule has 5 N–H and O–H groups in total. The van der Waals surface area contributed by atoms with E-state index in [1.807, 2.05) is 0 Å². The van der Waals surface area contributed by atoms with Crippen LogP contribution in [-0.2, 0) is 4.74 Å². The van der Waals surface area contributed by atoms with Gasteiger partial charge in [-0.15, -0.1) is 13.2 Å². The quantitative estimate of drug-likeness (QED) is 0.694. The maximum atomic E-state index is 12.4. The van der Waals surface area contributed by atoms with Crippen LogP contribution in [0.5, 0.6) is 0 Å². The number of nitrogen functional groups attached to an aromatic ring is 1. The van der Waals surface area contributed by atoms with Crippen LogP contribution in [0, 0.1) is 0 Å². The summed E-state index contributed by atoms with van der Waals surface area (Å²) in [4.78, 5) is 13.2. The average Bonchev–Trinajstić information content (AvgIpc) is 2.70. The van der Waals surface area contributed by atoms with Crippen LogP contribution < -0.4 is 16.8 Å². The first-order chi connectivity index (χ1) is 14.3. The number of halogens is 3. The first-order valence-corrected chi connectivity index (χ1v) is 9.87. The molecule has 3 atom stereocenters. The standard InChI is InChI=1S/C20H23F3N6O/c21-20(22,23)30-12-7-5-11(6-8-12)13-9-26-18(25)14-10-27-19(29-17(13)14)28-16-4-2-1-3-15(16)24/h5-7,9-10,12,15-16H,1-4,8,24H2,(H2,25,26)(H,27,28,29)/t12?,15-,16+/m1/s1. The Morgan fingerprint density at radius 1 is 1.13 bits per heavy atom. The fraction of sp³-hybridized carbons (Fsp3) is 0.450. The van der Waals surface area contributed by atoms with Crippen molar-refractivity contribution in [3.05, 3.63) is 36.2 Å². The molecule has 0 aromatic carbocycles. The molecule has 2 aromatic rings. The number of alkyl halides is 3. The summed E-state index contributed by atoms with van der Waals surface area (Å²) in [5, 5.41) is 3.89. The van der Waals surface area contributed by atoms with E-state index in [0.717, 1.165) is 25.7 Å². The second-order valence-electron chi connectivity index (χ2n) is 7.57. The molecule has 0 aliphatic heterocycles. The van der Waals surface area contributed by atoms with Crippen LogP contribution >= 0.6 is 0 Å². The van der Waals surface area contributed by atoms with Gasteiger partial charge in [0.05, 0.1) is 17.0 Å². The van der Waals surface area contributed by atoms with Crippen LogP contribution in [0.2, 0.25) is 0 Å². The number of rotatable bonds is 4. The van der Waals surface area contributed by atoms with Crippen molar-refractivity contribution in [2.45, 2.75) is 56.7 Å². The predicted molar refractivity (Wildman–Crippen MR) is 108 cm³/mol. The van der Waals surface area contributed by atoms with Gasteiger partial charge in [-0.05, 0) is 24.8 Å². The molecule has 2 heterocycles. The zero-order valence-corrected chi connectivity index (χ0v) is 16.2. The molecule has 2 aliphatic carbocycles. The van der Waals surface area contributed by atoms with Crippen LogP contribution in [0.15, 0.2) is 30.6 Å². The van der Waals surface area contributed by atoms with Crippen molar-refractivity contribution in [3.63, 3.8) is 0 Å². The molecular weight excluding hydrogens is 397 g/mol. The maximum Gasteiger partial charge on any atom is 0.523 e. The third-order valence-electron chi connectivity index (χ3n) is 5.44. The minimum absolute atomic E-state index is 0.0366. The molecule has 4 rings (SSSR count). The first-order valence-electron chi connectivity index (χ1n) is 9.87. The van der Waals surface area contributed by atoms with Crippen LogP contribution in [0.25, 0.3) is 16.5 Å². The molecule has 0 saturated heterocycles. The summed E-state index contributed by atoms with van der Waals surface area (Å²) in [5.41, 5.74) is 14.1. The molecule has 0 spiro atoms. The lowest BCUT2D eigenvalue weighted by molar-refractivity contribution is -0.335. The number of hydrogen-bond acceptors (Lipinski definition) is 7. The smallest absolute Gasteiger partial charge is 0.383 e. The Labute approximate surface area is 171 Å². The molecule has 0 radical (unpaired) electrons. The number of allylic oxidation sites excluding steroid dienone is 2. The van der Waals surface area contributed by atoms with Gasteiger partial charge in [0.15, 0.2) is 0 Å². The second kappa shape index (κ2) is 8.19. The highest BCUT2D eigenvalue weighted by molar-refractivity contribution is 5.98. The highest BCUT2D eigenvalue weighted by atomic mass is 19.4. The summed E-state index contributed by atoms with van der Waals surface area (Å²) in [6.45, 7) is 0. The number of nitrogens with zero attached hydrogens (tertiary/aromatic N) is 3. The lowest BCUT2D eigenvalue weighted by atomic mass is 9.91. The van der Waals surface area contributed by atoms with E-state index in [9.17, 15) is 13.2 Å². The summed E-state index contributed by atoms with van der Waals surface area (Å²) >= 11 is 0. The first kappa shape index (κ1) is 20.5. The topological polar surface area (TPSA) is 112 Å². The molecule has 7 nitrogen and oxygen atoms in total. The average molecular weight is 420 g/mol. The lowest BCUT2D eigenvalue weighted by Crippen LogP contribution is -2.42. The van der Waals surface area contributed by atoms with E-state index < -0.39 is 12.5 Å². The van der Waals surface area contributed by atoms with E-state index in [-0.39, 0.29) is 24.3 Å². The van der Waals surface area contributed by atoms with Crippen molar-refractivity contribution in [1.82, 2.24) is 15.0 Å². The molecule has 2 aromatic heterocycles. The molecule has 1 saturated carbocycles. The number of fused-ring (bicyclic) bond motifs is 1. The van der Waals surface area contributed by atoms with Gasteiger partial charge in [0.2, 0.25) is 5.95 Å². The summed E-state index contributed by atoms with van der Waals surface area (Å²) in [7, 11) is 0. The Balaban J connectivity index is 1.62. The molecule has 0 amide bonds. The Morgan fingerprint density at radius 2 is 1.93 bits per heavy atom. The van der Waals surface area contributed by atoms with Gasteiger partial charge in [-0.25, -0.2) is 15.0 Å². The minimum Gasteiger partial charge on any atom is -0.383 e. The fourth-order valence-corrected chi connectivity index (χ4v) is 3.88. The molecule has 2 aliphatic rings. The van der Waals surface area contributed by atoms with Crippen molar-refractivity contribution in [2.75, 3.05) is 11.1 Å². The van der Waals surface area contributed by atoms with Gasteiger partial charge in [-0.3, -0.25) is 4.74 Å². The minimum atomic E-state index is -4.68. The highest BCUT2D eigenvalue weighted by Gasteiger charge is 2.33. The maximum absolute atomic E-state index is 12.4. The van der Waals surface area contributed by atoms with E-state index in [0.29, 0.717) is 28.0 Å². The fourth-order valence-electron chi connectivity index (χ4n) is 3.88. The normalized spacial score (nSPS) is 24.7. The monoisotopic (exact) mass is 420 g/mol. The number of aromatic nitrogens is 3. The van der Waals surface area contributed by atoms with E-state index in [1.165, 1.54) is 6.08 Å². The molecule has 0 bridgehead atoms. The van der Waals surface area contributed by atoms with Gasteiger partial charge in [-0.1, -0.05) is 31.1 Å². The Morgan fingerprint density at radius 3 is 2.63 bits per heavy atom. The summed E-state index contributed by atoms with van der Waals surface area (Å²) < 4.78 is 41.4. The van der Waals surface area contributed by atoms with E-state index in [2.05, 4.69) is 25.0 Å². The summed E-state index contributed by atoms with van der Waals surface area (Å²) in [6.07, 6.45) is 6.28. The van der Waals surface area contributed by atoms with Crippen molar-refractivity contribution < 1.29 is 17.9 Å². The Kier molecular flexibility index (Phi) is 5.61. The van der Waals surface area contributed by atoms with Gasteiger partial charge >= 0.3 is 6.36 Å². The van der Waals surface area contributed by atoms with Crippen molar-refractivity contribution >= 4 is 28.2 Å². The molecule has 30 heavy (non-hydrogen) atoms. The van der Waals surface area contributed by atoms with E-state index in [4.69, 9.17) is 11.5 Å². The van der Waals surface area contributed by atoms with E-state index in [1.54, 1.807) is 24.5 Å². The van der Waals surface area contributed by atoms with Gasteiger partial charge in [0.25, 0.3) is 0 Å². The molecule has 1 unspecified atom stereocenters. The highest BCUT2D eigenvalue weighted by Crippen LogP contribution is 2.32. The third-order valence-corrected chi connectivity index (χ3v) is 5.44. The van der Waals surface area contributed by atoms with Gasteiger partial charge in [0.1, 0.15) is 5.82 Å².